The van der Waals surface area contributed by atoms with Crippen molar-refractivity contribution in [3.05, 3.63) is 12.4 Å². The molecule has 1 rings (SSSR count). The molecule has 0 aromatic heterocycles. The molecule has 2 heteroatoms. The molecule has 1 N–H and O–H groups in total. The molecule has 0 spiro atoms. The van der Waals surface area contributed by atoms with Crippen LogP contribution in [-0.4, -0.2) is 25.0 Å². The van der Waals surface area contributed by atoms with Gasteiger partial charge in [0.15, 0.2) is 0 Å². The van der Waals surface area contributed by atoms with Gasteiger partial charge in [0, 0.05) is 13.6 Å². The summed E-state index contributed by atoms with van der Waals surface area (Å²) in [5.74, 6) is 0. The molecule has 0 aromatic carbocycles. The Bertz CT molecular complexity index is 78.1. The highest BCUT2D eigenvalue weighted by molar-refractivity contribution is 4.77. The smallest absolute Gasteiger partial charge is 0.334 e. The van der Waals surface area contributed by atoms with Crippen molar-refractivity contribution in [3.63, 3.8) is 0 Å². The molecule has 0 atom stereocenters. The van der Waals surface area contributed by atoms with E-state index in [0.717, 1.165) is 13.1 Å². The van der Waals surface area contributed by atoms with Gasteiger partial charge in [0.1, 0.15) is 0 Å². The first-order valence-corrected chi connectivity index (χ1v) is 2.41. The van der Waals surface area contributed by atoms with E-state index in [4.69, 9.17) is 0 Å². The maximum absolute atomic E-state index is 2.97. The van der Waals surface area contributed by atoms with E-state index in [9.17, 15) is 0 Å². The Morgan fingerprint density at radius 3 is 3.00 bits per heavy atom. The van der Waals surface area contributed by atoms with E-state index >= 15 is 0 Å². The Kier molecular flexibility index (Phi) is 1.14. The van der Waals surface area contributed by atoms with Crippen molar-refractivity contribution in [2.45, 2.75) is 0 Å². The molecule has 0 radical (unpaired) electrons. The van der Waals surface area contributed by atoms with E-state index in [-0.39, 0.29) is 0 Å². The van der Waals surface area contributed by atoms with Crippen molar-refractivity contribution in [1.82, 2.24) is 10.2 Å². The number of nitrogens with zero attached hydrogens (tertiary/aromatic N) is 1. The molecule has 2 nitrogen and oxygen atoms in total. The fourth-order valence-electron chi connectivity index (χ4n) is 0.525. The minimum Gasteiger partial charge on any atom is -0.334 e. The monoisotopic (exact) mass is 97.1 g/mol. The summed E-state index contributed by atoms with van der Waals surface area (Å²) < 4.78 is 0. The molecule has 38 valence electrons. The zero-order valence-corrected chi connectivity index (χ0v) is 4.44. The van der Waals surface area contributed by atoms with Gasteiger partial charge in [-0.15, -0.1) is 0 Å². The van der Waals surface area contributed by atoms with Gasteiger partial charge in [0.2, 0.25) is 0 Å². The van der Waals surface area contributed by atoms with Crippen LogP contribution in [0.15, 0.2) is 6.20 Å². The third-order valence-electron chi connectivity index (χ3n) is 0.977. The largest absolute Gasteiger partial charge is 0.387 e. The van der Waals surface area contributed by atoms with Gasteiger partial charge in [-0.25, -0.2) is 0 Å². The van der Waals surface area contributed by atoms with Crippen LogP contribution >= 0.6 is 0 Å². The maximum atomic E-state index is 2.97. The standard InChI is InChI=1S/C5H9N2/c1-7-4-2-6-3-5-7/h5-6H,2,4H2,1H3/q+1. The lowest BCUT2D eigenvalue weighted by Gasteiger charge is -2.08. The Morgan fingerprint density at radius 2 is 2.71 bits per heavy atom. The van der Waals surface area contributed by atoms with Crippen molar-refractivity contribution in [1.29, 1.82) is 0 Å². The number of hydrogen-bond donors (Lipinski definition) is 1. The fraction of sp³-hybridized carbons (Fsp3) is 0.600. The van der Waals surface area contributed by atoms with E-state index in [1.54, 1.807) is 0 Å². The molecular weight excluding hydrogens is 88.1 g/mol. The highest BCUT2D eigenvalue weighted by atomic mass is 15.1. The summed E-state index contributed by atoms with van der Waals surface area (Å²) in [5, 5.41) is 2.97. The van der Waals surface area contributed by atoms with Crippen LogP contribution in [0.1, 0.15) is 0 Å². The molecule has 7 heavy (non-hydrogen) atoms. The third-order valence-corrected chi connectivity index (χ3v) is 0.977. The fourth-order valence-corrected chi connectivity index (χ4v) is 0.525. The average molecular weight is 97.1 g/mol. The van der Waals surface area contributed by atoms with Gasteiger partial charge in [-0.1, -0.05) is 0 Å². The Hall–Kier alpha value is -0.750. The number of likely N-dealkylation sites (N-methyl/N-ethyl adjacent to an activating group) is 1. The summed E-state index contributed by atoms with van der Waals surface area (Å²) in [6, 6.07) is 0. The Labute approximate surface area is 43.8 Å². The zero-order valence-electron chi connectivity index (χ0n) is 4.44. The lowest BCUT2D eigenvalue weighted by Crippen LogP contribution is -2.28. The van der Waals surface area contributed by atoms with Crippen molar-refractivity contribution in [2.24, 2.45) is 0 Å². The molecular formula is C5H9N2+. The first-order valence-electron chi connectivity index (χ1n) is 2.41. The van der Waals surface area contributed by atoms with Crippen LogP contribution in [0.25, 0.3) is 0 Å². The quantitative estimate of drug-likeness (QED) is 0.421. The SMILES string of the molecule is CN1C=[C+]NCC1. The lowest BCUT2D eigenvalue weighted by atomic mass is 10.5. The summed E-state index contributed by atoms with van der Waals surface area (Å²) in [7, 11) is 2.04. The average Bonchev–Trinajstić information content (AvgIpc) is 1.69. The second kappa shape index (κ2) is 1.80. The van der Waals surface area contributed by atoms with Crippen molar-refractivity contribution < 1.29 is 0 Å². The summed E-state index contributed by atoms with van der Waals surface area (Å²) >= 11 is 0. The molecule has 0 amide bonds. The lowest BCUT2D eigenvalue weighted by molar-refractivity contribution is 0.425. The minimum absolute atomic E-state index is 1.02. The zero-order chi connectivity index (χ0) is 5.11. The summed E-state index contributed by atoms with van der Waals surface area (Å²) in [5.41, 5.74) is 0. The topological polar surface area (TPSA) is 15.3 Å². The predicted molar refractivity (Wildman–Crippen MR) is 28.4 cm³/mol. The van der Waals surface area contributed by atoms with Crippen LogP contribution in [-0.2, 0) is 0 Å². The van der Waals surface area contributed by atoms with Crippen LogP contribution in [0, 0.1) is 6.20 Å². The van der Waals surface area contributed by atoms with Crippen molar-refractivity contribution in [2.75, 3.05) is 20.1 Å². The van der Waals surface area contributed by atoms with Gasteiger partial charge in [-0.2, -0.15) is 5.32 Å². The van der Waals surface area contributed by atoms with E-state index in [1.165, 1.54) is 0 Å². The molecule has 1 aliphatic rings. The van der Waals surface area contributed by atoms with E-state index in [1.807, 2.05) is 13.2 Å². The number of rotatable bonds is 0. The summed E-state index contributed by atoms with van der Waals surface area (Å²) in [6.45, 7) is 2.11. The van der Waals surface area contributed by atoms with Gasteiger partial charge in [0.25, 0.3) is 6.20 Å². The van der Waals surface area contributed by atoms with Crippen LogP contribution in [0.2, 0.25) is 0 Å². The molecule has 0 aromatic rings. The molecule has 0 bridgehead atoms. The molecule has 0 saturated heterocycles. The van der Waals surface area contributed by atoms with E-state index in [0.29, 0.717) is 0 Å². The number of nitrogens with one attached hydrogen (secondary N) is 1. The van der Waals surface area contributed by atoms with Crippen LogP contribution in [0.5, 0.6) is 0 Å². The molecule has 0 saturated carbocycles. The minimum atomic E-state index is 1.02. The first kappa shape index (κ1) is 4.41. The molecule has 1 heterocycles. The van der Waals surface area contributed by atoms with E-state index < -0.39 is 0 Å². The second-order valence-corrected chi connectivity index (χ2v) is 1.68. The third kappa shape index (κ3) is 1.05. The molecule has 1 aliphatic heterocycles. The Morgan fingerprint density at radius 1 is 1.86 bits per heavy atom. The van der Waals surface area contributed by atoms with Gasteiger partial charge in [-0.3, -0.25) is 0 Å². The van der Waals surface area contributed by atoms with Crippen LogP contribution in [0.3, 0.4) is 0 Å². The summed E-state index contributed by atoms with van der Waals surface area (Å²) in [4.78, 5) is 2.09. The van der Waals surface area contributed by atoms with Crippen molar-refractivity contribution in [3.8, 4) is 0 Å². The number of hydrogen-bond acceptors (Lipinski definition) is 2. The molecule has 0 unspecified atom stereocenters. The first-order chi connectivity index (χ1) is 3.39. The predicted octanol–water partition coefficient (Wildman–Crippen LogP) is -0.204. The highest BCUT2D eigenvalue weighted by Crippen LogP contribution is 1.84. The second-order valence-electron chi connectivity index (χ2n) is 1.68. The van der Waals surface area contributed by atoms with Gasteiger partial charge in [0.05, 0.1) is 6.54 Å². The van der Waals surface area contributed by atoms with Gasteiger partial charge in [-0.05, 0) is 0 Å². The van der Waals surface area contributed by atoms with Crippen LogP contribution < -0.4 is 5.32 Å². The summed E-state index contributed by atoms with van der Waals surface area (Å²) in [6.07, 6.45) is 4.79. The Balaban J connectivity index is 2.36. The molecule has 0 fully saturated rings. The highest BCUT2D eigenvalue weighted by Gasteiger charge is 2.04. The maximum Gasteiger partial charge on any atom is 0.387 e. The van der Waals surface area contributed by atoms with Crippen molar-refractivity contribution >= 4 is 0 Å². The molecule has 0 aliphatic carbocycles. The van der Waals surface area contributed by atoms with Gasteiger partial charge < -0.3 is 4.90 Å². The normalized spacial score (nSPS) is 18.1. The van der Waals surface area contributed by atoms with Gasteiger partial charge >= 0.3 is 6.20 Å². The van der Waals surface area contributed by atoms with E-state index in [2.05, 4.69) is 16.4 Å². The van der Waals surface area contributed by atoms with Crippen LogP contribution in [0.4, 0.5) is 0 Å².